The Bertz CT molecular complexity index is 632. The third-order valence-corrected chi connectivity index (χ3v) is 5.24. The molecule has 0 aliphatic carbocycles. The summed E-state index contributed by atoms with van der Waals surface area (Å²) in [5.74, 6) is 0.195. The number of carbonyl (C=O) groups is 3. The Balaban J connectivity index is 1.98. The maximum atomic E-state index is 12.7. The summed E-state index contributed by atoms with van der Waals surface area (Å²) in [5.41, 5.74) is 1.08. The predicted octanol–water partition coefficient (Wildman–Crippen LogP) is 2.43. The van der Waals surface area contributed by atoms with E-state index >= 15 is 0 Å². The van der Waals surface area contributed by atoms with E-state index in [4.69, 9.17) is 5.11 Å². The zero-order valence-corrected chi connectivity index (χ0v) is 15.4. The van der Waals surface area contributed by atoms with Gasteiger partial charge in [-0.1, -0.05) is 25.5 Å². The Morgan fingerprint density at radius 2 is 1.96 bits per heavy atom. The fourth-order valence-corrected chi connectivity index (χ4v) is 3.90. The van der Waals surface area contributed by atoms with Crippen LogP contribution in [0.2, 0.25) is 0 Å². The van der Waals surface area contributed by atoms with Gasteiger partial charge in [0.05, 0.1) is 11.4 Å². The lowest BCUT2D eigenvalue weighted by atomic mass is 10.1. The van der Waals surface area contributed by atoms with Gasteiger partial charge in [-0.25, -0.2) is 4.79 Å². The maximum absolute atomic E-state index is 12.7. The molecule has 7 heteroatoms. The van der Waals surface area contributed by atoms with Crippen molar-refractivity contribution in [2.45, 2.75) is 38.8 Å². The lowest BCUT2D eigenvalue weighted by Crippen LogP contribution is -2.47. The number of hydrogen-bond acceptors (Lipinski definition) is 4. The largest absolute Gasteiger partial charge is 0.478 e. The van der Waals surface area contributed by atoms with Crippen LogP contribution in [0.15, 0.2) is 24.3 Å². The van der Waals surface area contributed by atoms with Crippen molar-refractivity contribution in [2.75, 3.05) is 18.7 Å². The number of carboxylic acid groups (broad SMARTS) is 1. The number of carbonyl (C=O) groups excluding carboxylic acids is 2. The highest BCUT2D eigenvalue weighted by molar-refractivity contribution is 7.99. The first kappa shape index (κ1) is 19.3. The third kappa shape index (κ3) is 4.98. The van der Waals surface area contributed by atoms with Gasteiger partial charge in [0.15, 0.2) is 0 Å². The molecular weight excluding hydrogens is 340 g/mol. The first-order valence-electron chi connectivity index (χ1n) is 8.38. The molecule has 0 radical (unpaired) electrons. The second kappa shape index (κ2) is 8.89. The fourth-order valence-electron chi connectivity index (χ4n) is 2.72. The molecule has 1 aromatic rings. The van der Waals surface area contributed by atoms with Crippen LogP contribution in [-0.4, -0.2) is 57.4 Å². The molecule has 0 saturated carbocycles. The number of hydrogen-bond donors (Lipinski definition) is 1. The average Bonchev–Trinajstić information content (AvgIpc) is 3.09. The van der Waals surface area contributed by atoms with Crippen molar-refractivity contribution >= 4 is 29.5 Å². The quantitative estimate of drug-likeness (QED) is 0.804. The molecule has 0 aromatic heterocycles. The Hall–Kier alpha value is -2.02. The number of carboxylic acids is 1. The van der Waals surface area contributed by atoms with E-state index in [2.05, 4.69) is 0 Å². The molecule has 2 rings (SSSR count). The molecule has 1 aromatic carbocycles. The number of nitrogens with zero attached hydrogens (tertiary/aromatic N) is 2. The highest BCUT2D eigenvalue weighted by atomic mass is 32.2. The van der Waals surface area contributed by atoms with Gasteiger partial charge in [0.25, 0.3) is 0 Å². The van der Waals surface area contributed by atoms with Crippen LogP contribution in [0.4, 0.5) is 0 Å². The third-order valence-electron chi connectivity index (χ3n) is 4.23. The van der Waals surface area contributed by atoms with Gasteiger partial charge in [0.2, 0.25) is 11.8 Å². The van der Waals surface area contributed by atoms with E-state index in [0.29, 0.717) is 24.6 Å². The molecule has 1 unspecified atom stereocenters. The second-order valence-corrected chi connectivity index (χ2v) is 7.18. The summed E-state index contributed by atoms with van der Waals surface area (Å²) in [6, 6.07) is 6.07. The summed E-state index contributed by atoms with van der Waals surface area (Å²) < 4.78 is 0. The number of unbranched alkanes of at least 4 members (excludes halogenated alkanes) is 1. The molecule has 1 atom stereocenters. The Labute approximate surface area is 152 Å². The van der Waals surface area contributed by atoms with Crippen molar-refractivity contribution in [3.05, 3.63) is 35.4 Å². The second-order valence-electron chi connectivity index (χ2n) is 6.18. The van der Waals surface area contributed by atoms with Crippen LogP contribution in [0.25, 0.3) is 0 Å². The van der Waals surface area contributed by atoms with Crippen LogP contribution < -0.4 is 0 Å². The summed E-state index contributed by atoms with van der Waals surface area (Å²) in [6.07, 6.45) is 2.28. The smallest absolute Gasteiger partial charge is 0.335 e. The van der Waals surface area contributed by atoms with Gasteiger partial charge in [0, 0.05) is 25.8 Å². The van der Waals surface area contributed by atoms with E-state index in [1.165, 1.54) is 12.1 Å². The maximum Gasteiger partial charge on any atom is 0.335 e. The molecule has 1 aliphatic rings. The molecule has 6 nitrogen and oxygen atoms in total. The molecule has 25 heavy (non-hydrogen) atoms. The number of likely N-dealkylation sites (N-methyl/N-ethyl adjacent to an activating group) is 1. The first-order valence-corrected chi connectivity index (χ1v) is 9.54. The van der Waals surface area contributed by atoms with Crippen LogP contribution in [0.3, 0.4) is 0 Å². The van der Waals surface area contributed by atoms with E-state index in [9.17, 15) is 14.4 Å². The van der Waals surface area contributed by atoms with E-state index < -0.39 is 12.0 Å². The van der Waals surface area contributed by atoms with Crippen LogP contribution in [0.5, 0.6) is 0 Å². The summed E-state index contributed by atoms with van der Waals surface area (Å²) >= 11 is 1.60. The molecule has 136 valence electrons. The zero-order valence-electron chi connectivity index (χ0n) is 14.6. The molecule has 0 spiro atoms. The van der Waals surface area contributed by atoms with Gasteiger partial charge >= 0.3 is 5.97 Å². The number of benzene rings is 1. The average molecular weight is 364 g/mol. The molecule has 2 amide bonds. The van der Waals surface area contributed by atoms with E-state index in [1.807, 2.05) is 6.92 Å². The summed E-state index contributed by atoms with van der Waals surface area (Å²) in [4.78, 5) is 39.2. The van der Waals surface area contributed by atoms with Crippen LogP contribution in [0, 0.1) is 0 Å². The number of rotatable bonds is 7. The van der Waals surface area contributed by atoms with Gasteiger partial charge in [0.1, 0.15) is 6.04 Å². The molecule has 1 fully saturated rings. The SMILES string of the molecule is CCCCC(=O)N1CSCC1C(=O)N(C)Cc1ccc(C(=O)O)cc1. The van der Waals surface area contributed by atoms with Gasteiger partial charge in [-0.05, 0) is 24.1 Å². The number of amides is 2. The minimum absolute atomic E-state index is 0.0458. The Kier molecular flexibility index (Phi) is 6.87. The van der Waals surface area contributed by atoms with Crippen LogP contribution >= 0.6 is 11.8 Å². The molecule has 0 bridgehead atoms. The number of aromatic carboxylic acids is 1. The Morgan fingerprint density at radius 1 is 1.28 bits per heavy atom. The van der Waals surface area contributed by atoms with E-state index in [-0.39, 0.29) is 17.4 Å². The van der Waals surface area contributed by atoms with Crippen molar-refractivity contribution < 1.29 is 19.5 Å². The minimum Gasteiger partial charge on any atom is -0.478 e. The fraction of sp³-hybridized carbons (Fsp3) is 0.500. The van der Waals surface area contributed by atoms with Gasteiger partial charge in [-0.2, -0.15) is 0 Å². The van der Waals surface area contributed by atoms with Crippen molar-refractivity contribution in [1.29, 1.82) is 0 Å². The van der Waals surface area contributed by atoms with Gasteiger partial charge < -0.3 is 14.9 Å². The van der Waals surface area contributed by atoms with Gasteiger partial charge in [-0.15, -0.1) is 11.8 Å². The Morgan fingerprint density at radius 3 is 2.56 bits per heavy atom. The normalized spacial score (nSPS) is 16.7. The summed E-state index contributed by atoms with van der Waals surface area (Å²) in [5, 5.41) is 8.93. The monoisotopic (exact) mass is 364 g/mol. The molecule has 1 saturated heterocycles. The van der Waals surface area contributed by atoms with Crippen molar-refractivity contribution in [2.24, 2.45) is 0 Å². The molecule has 1 aliphatic heterocycles. The van der Waals surface area contributed by atoms with Crippen LogP contribution in [0.1, 0.15) is 42.1 Å². The van der Waals surface area contributed by atoms with E-state index in [1.54, 1.807) is 40.7 Å². The van der Waals surface area contributed by atoms with Crippen molar-refractivity contribution in [3.8, 4) is 0 Å². The highest BCUT2D eigenvalue weighted by Gasteiger charge is 2.35. The predicted molar refractivity (Wildman–Crippen MR) is 97.4 cm³/mol. The standard InChI is InChI=1S/C18H24N2O4S/c1-3-4-5-16(21)20-12-25-11-15(20)17(22)19(2)10-13-6-8-14(9-7-13)18(23)24/h6-9,15H,3-5,10-12H2,1-2H3,(H,23,24). The van der Waals surface area contributed by atoms with Crippen LogP contribution in [-0.2, 0) is 16.1 Å². The van der Waals surface area contributed by atoms with Crippen molar-refractivity contribution in [1.82, 2.24) is 9.80 Å². The molecule has 1 heterocycles. The summed E-state index contributed by atoms with van der Waals surface area (Å²) in [7, 11) is 1.71. The lowest BCUT2D eigenvalue weighted by molar-refractivity contribution is -0.143. The highest BCUT2D eigenvalue weighted by Crippen LogP contribution is 2.24. The lowest BCUT2D eigenvalue weighted by Gasteiger charge is -2.27. The topological polar surface area (TPSA) is 77.9 Å². The van der Waals surface area contributed by atoms with Gasteiger partial charge in [-0.3, -0.25) is 9.59 Å². The van der Waals surface area contributed by atoms with Crippen molar-refractivity contribution in [3.63, 3.8) is 0 Å². The summed E-state index contributed by atoms with van der Waals surface area (Å²) in [6.45, 7) is 2.43. The zero-order chi connectivity index (χ0) is 18.4. The molecule has 1 N–H and O–H groups in total. The number of thioether (sulfide) groups is 1. The molecular formula is C18H24N2O4S. The van der Waals surface area contributed by atoms with E-state index in [0.717, 1.165) is 18.4 Å². The first-order chi connectivity index (χ1) is 11.9. The minimum atomic E-state index is -0.972.